The third kappa shape index (κ3) is 75.2. The SMILES string of the molecule is CC/C=C\C/C=C\C/C=C\C/C=C\C/C=C\CCCC(=O)OCC(COP(=O)(O)OCC(O)COP(=O)(O)OCC(COC(=O)CCCCCCCCC/C=C\C/C=C\C/C=C\CC)OC(=O)CCCCCCC/C=C\CCCCCC)OC(=O)CCCCCCCCC/C=C\C/C=C\C/C=C\CC. The number of rotatable bonds is 74. The molecule has 5 atom stereocenters. The summed E-state index contributed by atoms with van der Waals surface area (Å²) in [4.78, 5) is 73.0. The van der Waals surface area contributed by atoms with Crippen molar-refractivity contribution in [1.29, 1.82) is 0 Å². The van der Waals surface area contributed by atoms with Crippen LogP contribution in [0.5, 0.6) is 0 Å². The van der Waals surface area contributed by atoms with E-state index in [1.165, 1.54) is 25.7 Å². The minimum Gasteiger partial charge on any atom is -0.462 e. The maximum Gasteiger partial charge on any atom is 0.472 e. The Morgan fingerprint density at radius 3 is 0.817 bits per heavy atom. The van der Waals surface area contributed by atoms with Crippen molar-refractivity contribution in [3.8, 4) is 0 Å². The van der Waals surface area contributed by atoms with Gasteiger partial charge in [-0.05, 0) is 154 Å². The van der Waals surface area contributed by atoms with Crippen molar-refractivity contribution < 1.29 is 80.2 Å². The zero-order valence-electron chi connectivity index (χ0n) is 64.9. The van der Waals surface area contributed by atoms with Gasteiger partial charge in [-0.1, -0.05) is 276 Å². The van der Waals surface area contributed by atoms with Crippen LogP contribution in [0.25, 0.3) is 0 Å². The van der Waals surface area contributed by atoms with Crippen LogP contribution in [0.2, 0.25) is 0 Å². The highest BCUT2D eigenvalue weighted by molar-refractivity contribution is 7.47. The summed E-state index contributed by atoms with van der Waals surface area (Å²) in [5.74, 6) is -2.27. The van der Waals surface area contributed by atoms with Gasteiger partial charge in [-0.25, -0.2) is 9.13 Å². The van der Waals surface area contributed by atoms with Crippen LogP contribution in [-0.4, -0.2) is 96.7 Å². The van der Waals surface area contributed by atoms with E-state index in [-0.39, 0.29) is 25.7 Å². The Morgan fingerprint density at radius 1 is 0.279 bits per heavy atom. The molecule has 0 amide bonds. The Labute approximate surface area is 630 Å². The third-order valence-electron chi connectivity index (χ3n) is 16.3. The fourth-order valence-corrected chi connectivity index (χ4v) is 11.9. The second-order valence-corrected chi connectivity index (χ2v) is 29.1. The van der Waals surface area contributed by atoms with E-state index in [2.05, 4.69) is 161 Å². The Kier molecular flexibility index (Phi) is 72.4. The second-order valence-electron chi connectivity index (χ2n) is 26.2. The van der Waals surface area contributed by atoms with Crippen molar-refractivity contribution in [2.24, 2.45) is 0 Å². The molecule has 0 aliphatic rings. The molecule has 0 saturated carbocycles. The first-order valence-corrected chi connectivity index (χ1v) is 43.1. The summed E-state index contributed by atoms with van der Waals surface area (Å²) in [7, 11) is -9.99. The van der Waals surface area contributed by atoms with Gasteiger partial charge in [0.2, 0.25) is 0 Å². The van der Waals surface area contributed by atoms with E-state index in [0.717, 1.165) is 199 Å². The van der Waals surface area contributed by atoms with Gasteiger partial charge in [-0.2, -0.15) is 0 Å². The molecule has 0 rings (SSSR count). The van der Waals surface area contributed by atoms with E-state index in [1.807, 2.05) is 12.2 Å². The van der Waals surface area contributed by atoms with Gasteiger partial charge in [0.15, 0.2) is 12.2 Å². The topological polar surface area (TPSA) is 237 Å². The van der Waals surface area contributed by atoms with Crippen LogP contribution in [0.1, 0.15) is 310 Å². The molecule has 0 heterocycles. The van der Waals surface area contributed by atoms with Gasteiger partial charge in [0.25, 0.3) is 0 Å². The Morgan fingerprint density at radius 2 is 0.510 bits per heavy atom. The van der Waals surface area contributed by atoms with Gasteiger partial charge in [0, 0.05) is 25.7 Å². The van der Waals surface area contributed by atoms with Crippen LogP contribution in [0.15, 0.2) is 146 Å². The first-order chi connectivity index (χ1) is 50.7. The Hall–Kier alpha value is -5.06. The molecule has 0 aliphatic carbocycles. The molecule has 5 unspecified atom stereocenters. The van der Waals surface area contributed by atoms with Gasteiger partial charge >= 0.3 is 39.5 Å². The molecule has 0 spiro atoms. The lowest BCUT2D eigenvalue weighted by Gasteiger charge is -2.21. The first kappa shape index (κ1) is 98.9. The molecular weight excluding hydrogens is 1350 g/mol. The number of hydrogen-bond donors (Lipinski definition) is 3. The number of phosphoric acid groups is 2. The molecule has 0 aromatic rings. The molecular formula is C85H142O17P2. The molecule has 0 aromatic carbocycles. The normalized spacial score (nSPS) is 14.6. The van der Waals surface area contributed by atoms with Gasteiger partial charge in [-0.15, -0.1) is 0 Å². The zero-order chi connectivity index (χ0) is 76.0. The smallest absolute Gasteiger partial charge is 0.462 e. The number of aliphatic hydroxyl groups is 1. The molecule has 0 radical (unpaired) electrons. The average Bonchev–Trinajstić information content (AvgIpc) is 0.910. The van der Waals surface area contributed by atoms with Crippen molar-refractivity contribution in [3.05, 3.63) is 146 Å². The lowest BCUT2D eigenvalue weighted by Crippen LogP contribution is -2.30. The van der Waals surface area contributed by atoms with Crippen molar-refractivity contribution >= 4 is 39.5 Å². The summed E-state index contributed by atoms with van der Waals surface area (Å²) in [5.41, 5.74) is 0. The number of aliphatic hydroxyl groups excluding tert-OH is 1. The van der Waals surface area contributed by atoms with Crippen LogP contribution in [0, 0.1) is 0 Å². The maximum atomic E-state index is 13.1. The van der Waals surface area contributed by atoms with Gasteiger partial charge < -0.3 is 33.8 Å². The molecule has 3 N–H and O–H groups in total. The number of hydrogen-bond acceptors (Lipinski definition) is 15. The summed E-state index contributed by atoms with van der Waals surface area (Å²) in [6, 6.07) is 0. The van der Waals surface area contributed by atoms with E-state index >= 15 is 0 Å². The number of ether oxygens (including phenoxy) is 4. The summed E-state index contributed by atoms with van der Waals surface area (Å²) in [6.45, 7) is 4.44. The highest BCUT2D eigenvalue weighted by atomic mass is 31.2. The lowest BCUT2D eigenvalue weighted by atomic mass is 10.1. The highest BCUT2D eigenvalue weighted by Crippen LogP contribution is 2.45. The highest BCUT2D eigenvalue weighted by Gasteiger charge is 2.30. The maximum absolute atomic E-state index is 13.1. The van der Waals surface area contributed by atoms with E-state index in [1.54, 1.807) is 0 Å². The summed E-state index contributed by atoms with van der Waals surface area (Å²) < 4.78 is 68.6. The van der Waals surface area contributed by atoms with Crippen LogP contribution in [-0.2, 0) is 65.4 Å². The average molecular weight is 1500 g/mol. The summed E-state index contributed by atoms with van der Waals surface area (Å²) in [6.07, 6.45) is 86.9. The van der Waals surface area contributed by atoms with Crippen LogP contribution in [0.4, 0.5) is 0 Å². The second kappa shape index (κ2) is 76.1. The third-order valence-corrected chi connectivity index (χ3v) is 18.2. The zero-order valence-corrected chi connectivity index (χ0v) is 66.7. The van der Waals surface area contributed by atoms with Gasteiger partial charge in [-0.3, -0.25) is 37.3 Å². The fourth-order valence-electron chi connectivity index (χ4n) is 10.3. The van der Waals surface area contributed by atoms with Crippen LogP contribution in [0.3, 0.4) is 0 Å². The lowest BCUT2D eigenvalue weighted by molar-refractivity contribution is -0.161. The van der Waals surface area contributed by atoms with E-state index < -0.39 is 97.5 Å². The largest absolute Gasteiger partial charge is 0.472 e. The minimum atomic E-state index is -5.00. The molecule has 0 aromatic heterocycles. The van der Waals surface area contributed by atoms with Crippen molar-refractivity contribution in [1.82, 2.24) is 0 Å². The molecule has 104 heavy (non-hydrogen) atoms. The predicted octanol–water partition coefficient (Wildman–Crippen LogP) is 23.4. The Bertz CT molecular complexity index is 2540. The van der Waals surface area contributed by atoms with Crippen LogP contribution < -0.4 is 0 Å². The van der Waals surface area contributed by atoms with E-state index in [4.69, 9.17) is 37.0 Å². The molecule has 17 nitrogen and oxygen atoms in total. The van der Waals surface area contributed by atoms with Crippen molar-refractivity contribution in [2.75, 3.05) is 39.6 Å². The molecule has 0 fully saturated rings. The first-order valence-electron chi connectivity index (χ1n) is 40.1. The monoisotopic (exact) mass is 1500 g/mol. The minimum absolute atomic E-state index is 0.0673. The van der Waals surface area contributed by atoms with E-state index in [9.17, 15) is 43.2 Å². The summed E-state index contributed by atoms with van der Waals surface area (Å²) in [5, 5.41) is 10.6. The van der Waals surface area contributed by atoms with E-state index in [0.29, 0.717) is 32.1 Å². The number of allylic oxidation sites excluding steroid dienone is 24. The molecule has 0 saturated heterocycles. The molecule has 0 aliphatic heterocycles. The molecule has 0 bridgehead atoms. The number of phosphoric ester groups is 2. The van der Waals surface area contributed by atoms with Crippen molar-refractivity contribution in [2.45, 2.75) is 329 Å². The fraction of sp³-hybridized carbons (Fsp3) is 0.671. The van der Waals surface area contributed by atoms with Crippen molar-refractivity contribution in [3.63, 3.8) is 0 Å². The molecule has 594 valence electrons. The molecule has 19 heteroatoms. The van der Waals surface area contributed by atoms with Gasteiger partial charge in [0.1, 0.15) is 19.3 Å². The van der Waals surface area contributed by atoms with Crippen LogP contribution >= 0.6 is 15.6 Å². The quantitative estimate of drug-likeness (QED) is 0.0169. The Balaban J connectivity index is 5.42. The summed E-state index contributed by atoms with van der Waals surface area (Å²) >= 11 is 0. The standard InChI is InChI=1S/C85H142O17P2/c1-5-9-13-17-21-25-29-33-36-39-42-46-49-53-57-61-65-69-82(87)95-75-80(101-84(89)71-67-63-59-55-51-45-32-28-24-20-16-12-8-4)77-99-103(91,92)97-73-79(86)74-98-104(93,94)100-78-81(102-85(90)72-68-64-60-56-52-48-44-41-38-35-31-27-23-19-15-11-7-3)76-96-83(88)70-66-62-58-54-50-47-43-40-37-34-30-26-22-18-14-10-6-2/h9-11,13-15,21-23,25-28,32-38,43,47,54,58,79-81,86H,5-8,12,16-20,24,29-31,39-42,44-46,48-53,55-57,59-78H2,1-4H3,(H,91,92)(H,93,94)/b13-9-,14-10-,15-11-,25-21-,26-22-,27-23-,32-28-,36-33-,37-34-,38-35-,47-43-,58-54-. The number of unbranched alkanes of at least 4 members (excludes halogenated alkanes) is 24. The number of esters is 4. The number of carbonyl (C=O) groups excluding carboxylic acids is 4. The predicted molar refractivity (Wildman–Crippen MR) is 427 cm³/mol. The van der Waals surface area contributed by atoms with Gasteiger partial charge in [0.05, 0.1) is 26.4 Å². The number of carbonyl (C=O) groups is 4.